The summed E-state index contributed by atoms with van der Waals surface area (Å²) >= 11 is 0. The van der Waals surface area contributed by atoms with Gasteiger partial charge in [-0.15, -0.1) is 0 Å². The van der Waals surface area contributed by atoms with E-state index in [2.05, 4.69) is 23.6 Å². The molecule has 0 radical (unpaired) electrons. The van der Waals surface area contributed by atoms with Crippen LogP contribution < -0.4 is 10.6 Å². The molecule has 4 heteroatoms. The number of benzene rings is 1. The van der Waals surface area contributed by atoms with Crippen LogP contribution in [0.1, 0.15) is 30.9 Å². The highest BCUT2D eigenvalue weighted by Crippen LogP contribution is 2.03. The van der Waals surface area contributed by atoms with Crippen LogP contribution in [0.3, 0.4) is 0 Å². The summed E-state index contributed by atoms with van der Waals surface area (Å²) in [7, 11) is 0. The van der Waals surface area contributed by atoms with Gasteiger partial charge in [0.05, 0.1) is 0 Å². The molecule has 0 unspecified atom stereocenters. The van der Waals surface area contributed by atoms with Gasteiger partial charge in [0, 0.05) is 19.3 Å². The average Bonchev–Trinajstić information content (AvgIpc) is 2.44. The maximum atomic E-state index is 11.7. The maximum absolute atomic E-state index is 11.7. The van der Waals surface area contributed by atoms with Crippen LogP contribution in [0, 0.1) is 18.3 Å². The molecule has 0 spiro atoms. The van der Waals surface area contributed by atoms with Gasteiger partial charge in [-0.2, -0.15) is 5.26 Å². The highest BCUT2D eigenvalue weighted by atomic mass is 16.1. The molecule has 0 saturated carbocycles. The summed E-state index contributed by atoms with van der Waals surface area (Å²) in [4.78, 5) is 11.7. The third-order valence-electron chi connectivity index (χ3n) is 2.82. The van der Waals surface area contributed by atoms with Crippen LogP contribution in [0.2, 0.25) is 0 Å². The van der Waals surface area contributed by atoms with Gasteiger partial charge in [0.2, 0.25) is 0 Å². The van der Waals surface area contributed by atoms with Gasteiger partial charge in [-0.3, -0.25) is 4.79 Å². The lowest BCUT2D eigenvalue weighted by atomic mass is 10.1. The number of carbonyl (C=O) groups is 1. The molecule has 0 aliphatic heterocycles. The Bertz CT molecular complexity index is 515. The fourth-order valence-corrected chi connectivity index (χ4v) is 1.72. The van der Waals surface area contributed by atoms with Crippen molar-refractivity contribution < 1.29 is 4.79 Å². The summed E-state index contributed by atoms with van der Waals surface area (Å²) in [5, 5.41) is 14.7. The van der Waals surface area contributed by atoms with Crippen LogP contribution in [0.15, 0.2) is 36.0 Å². The molecule has 0 bridgehead atoms. The first-order valence-electron chi connectivity index (χ1n) is 6.84. The Balaban J connectivity index is 2.49. The lowest BCUT2D eigenvalue weighted by molar-refractivity contribution is -0.117. The second-order valence-corrected chi connectivity index (χ2v) is 4.65. The van der Waals surface area contributed by atoms with E-state index in [0.29, 0.717) is 13.1 Å². The van der Waals surface area contributed by atoms with Gasteiger partial charge in [0.15, 0.2) is 0 Å². The first-order valence-corrected chi connectivity index (χ1v) is 6.84. The van der Waals surface area contributed by atoms with Crippen molar-refractivity contribution in [2.75, 3.05) is 6.54 Å². The van der Waals surface area contributed by atoms with Crippen LogP contribution in [0.4, 0.5) is 0 Å². The minimum Gasteiger partial charge on any atom is -0.386 e. The van der Waals surface area contributed by atoms with E-state index in [1.165, 1.54) is 11.8 Å². The van der Waals surface area contributed by atoms with E-state index in [1.54, 1.807) is 0 Å². The molecule has 1 aromatic rings. The molecule has 0 heterocycles. The number of unbranched alkanes of at least 4 members (excludes halogenated alkanes) is 1. The van der Waals surface area contributed by atoms with Crippen LogP contribution in [-0.4, -0.2) is 12.5 Å². The molecule has 0 aromatic heterocycles. The zero-order valence-corrected chi connectivity index (χ0v) is 12.1. The highest BCUT2D eigenvalue weighted by molar-refractivity contribution is 5.97. The number of rotatable bonds is 7. The van der Waals surface area contributed by atoms with Gasteiger partial charge in [-0.05, 0) is 18.9 Å². The molecule has 0 fully saturated rings. The zero-order valence-electron chi connectivity index (χ0n) is 12.1. The molecule has 0 aliphatic rings. The lowest BCUT2D eigenvalue weighted by Crippen LogP contribution is -2.26. The molecule has 0 saturated heterocycles. The van der Waals surface area contributed by atoms with Crippen molar-refractivity contribution >= 4 is 5.91 Å². The van der Waals surface area contributed by atoms with Gasteiger partial charge in [-0.25, -0.2) is 0 Å². The number of carbonyl (C=O) groups excluding carboxylic acids is 1. The van der Waals surface area contributed by atoms with Crippen LogP contribution in [0.25, 0.3) is 0 Å². The smallest absolute Gasteiger partial charge is 0.263 e. The Morgan fingerprint density at radius 2 is 2.25 bits per heavy atom. The highest BCUT2D eigenvalue weighted by Gasteiger charge is 2.07. The van der Waals surface area contributed by atoms with E-state index in [1.807, 2.05) is 31.2 Å². The standard InChI is InChI=1S/C16H21N3O/c1-3-4-8-19-16(20)15(10-17)12-18-11-14-7-5-6-13(2)9-14/h5-7,9,12,18H,3-4,8,11H2,1-2H3,(H,19,20)/b15-12-. The summed E-state index contributed by atoms with van der Waals surface area (Å²) in [6.45, 7) is 5.28. The third-order valence-corrected chi connectivity index (χ3v) is 2.82. The van der Waals surface area contributed by atoms with Gasteiger partial charge in [-0.1, -0.05) is 43.2 Å². The van der Waals surface area contributed by atoms with E-state index in [0.717, 1.165) is 18.4 Å². The molecule has 0 aliphatic carbocycles. The quantitative estimate of drug-likeness (QED) is 0.455. The van der Waals surface area contributed by atoms with Crippen molar-refractivity contribution in [3.05, 3.63) is 47.2 Å². The van der Waals surface area contributed by atoms with E-state index in [-0.39, 0.29) is 11.5 Å². The molecule has 0 atom stereocenters. The summed E-state index contributed by atoms with van der Waals surface area (Å²) in [5.74, 6) is -0.322. The molecule has 106 valence electrons. The molecule has 4 nitrogen and oxygen atoms in total. The molecule has 1 aromatic carbocycles. The molecule has 20 heavy (non-hydrogen) atoms. The van der Waals surface area contributed by atoms with Crippen molar-refractivity contribution in [2.45, 2.75) is 33.2 Å². The van der Waals surface area contributed by atoms with E-state index in [4.69, 9.17) is 5.26 Å². The number of nitrogens with zero attached hydrogens (tertiary/aromatic N) is 1. The molecule has 2 N–H and O–H groups in total. The Kier molecular flexibility index (Phi) is 6.91. The number of amides is 1. The number of nitriles is 1. The van der Waals surface area contributed by atoms with Gasteiger partial charge < -0.3 is 10.6 Å². The summed E-state index contributed by atoms with van der Waals surface area (Å²) < 4.78 is 0. The summed E-state index contributed by atoms with van der Waals surface area (Å²) in [6, 6.07) is 9.99. The minimum atomic E-state index is -0.322. The van der Waals surface area contributed by atoms with Crippen LogP contribution in [0.5, 0.6) is 0 Å². The van der Waals surface area contributed by atoms with Crippen molar-refractivity contribution in [3.8, 4) is 6.07 Å². The second kappa shape index (κ2) is 8.76. The summed E-state index contributed by atoms with van der Waals surface area (Å²) in [6.07, 6.45) is 3.41. The predicted octanol–water partition coefficient (Wildman–Crippen LogP) is 2.41. The zero-order chi connectivity index (χ0) is 14.8. The van der Waals surface area contributed by atoms with Crippen LogP contribution in [-0.2, 0) is 11.3 Å². The number of hydrogen-bond donors (Lipinski definition) is 2. The van der Waals surface area contributed by atoms with Crippen molar-refractivity contribution in [3.63, 3.8) is 0 Å². The van der Waals surface area contributed by atoms with E-state index < -0.39 is 0 Å². The van der Waals surface area contributed by atoms with Gasteiger partial charge in [0.25, 0.3) is 5.91 Å². The van der Waals surface area contributed by atoms with E-state index in [9.17, 15) is 4.79 Å². The van der Waals surface area contributed by atoms with Gasteiger partial charge >= 0.3 is 0 Å². The topological polar surface area (TPSA) is 64.9 Å². The SMILES string of the molecule is CCCCNC(=O)/C(C#N)=C\NCc1cccc(C)c1. The Morgan fingerprint density at radius 1 is 1.45 bits per heavy atom. The van der Waals surface area contributed by atoms with Crippen molar-refractivity contribution in [2.24, 2.45) is 0 Å². The fraction of sp³-hybridized carbons (Fsp3) is 0.375. The molecular weight excluding hydrogens is 250 g/mol. The third kappa shape index (κ3) is 5.57. The van der Waals surface area contributed by atoms with Crippen molar-refractivity contribution in [1.29, 1.82) is 5.26 Å². The molecular formula is C16H21N3O. The Labute approximate surface area is 120 Å². The number of aryl methyl sites for hydroxylation is 1. The normalized spacial score (nSPS) is 10.8. The Morgan fingerprint density at radius 3 is 2.90 bits per heavy atom. The largest absolute Gasteiger partial charge is 0.386 e. The maximum Gasteiger partial charge on any atom is 0.263 e. The first-order chi connectivity index (χ1) is 9.67. The molecule has 1 rings (SSSR count). The number of hydrogen-bond acceptors (Lipinski definition) is 3. The fourth-order valence-electron chi connectivity index (χ4n) is 1.72. The second-order valence-electron chi connectivity index (χ2n) is 4.65. The predicted molar refractivity (Wildman–Crippen MR) is 79.6 cm³/mol. The van der Waals surface area contributed by atoms with Gasteiger partial charge in [0.1, 0.15) is 11.6 Å². The average molecular weight is 271 g/mol. The summed E-state index contributed by atoms with van der Waals surface area (Å²) in [5.41, 5.74) is 2.41. The lowest BCUT2D eigenvalue weighted by Gasteiger charge is -2.05. The van der Waals surface area contributed by atoms with Crippen molar-refractivity contribution in [1.82, 2.24) is 10.6 Å². The number of nitrogens with one attached hydrogen (secondary N) is 2. The monoisotopic (exact) mass is 271 g/mol. The Hall–Kier alpha value is -2.28. The van der Waals surface area contributed by atoms with Crippen LogP contribution >= 0.6 is 0 Å². The molecule has 1 amide bonds. The van der Waals surface area contributed by atoms with E-state index >= 15 is 0 Å². The minimum absolute atomic E-state index is 0.105. The first kappa shape index (κ1) is 15.8.